The number of carbonyl (C=O) groups is 2. The molecule has 8 heteroatoms. The van der Waals surface area contributed by atoms with E-state index in [1.165, 1.54) is 29.9 Å². The summed E-state index contributed by atoms with van der Waals surface area (Å²) in [6.07, 6.45) is 7.86. The molecular weight excluding hydrogens is 444 g/mol. The SMILES string of the molecule is O=C(C=Cc1ccc(CN(CCOC(=O)NCC2CC2)CCc2c[nH]c3ccccc23)cc1)NO. The van der Waals surface area contributed by atoms with Crippen LogP contribution in [0.15, 0.2) is 60.8 Å². The van der Waals surface area contributed by atoms with Gasteiger partial charge in [0.2, 0.25) is 0 Å². The predicted octanol–water partition coefficient (Wildman–Crippen LogP) is 3.87. The fourth-order valence-corrected chi connectivity index (χ4v) is 3.96. The van der Waals surface area contributed by atoms with Gasteiger partial charge in [-0.15, -0.1) is 0 Å². The second-order valence-electron chi connectivity index (χ2n) is 8.90. The molecule has 0 saturated heterocycles. The van der Waals surface area contributed by atoms with Gasteiger partial charge in [-0.1, -0.05) is 42.5 Å². The van der Waals surface area contributed by atoms with E-state index in [0.29, 0.717) is 32.2 Å². The number of hydrogen-bond donors (Lipinski definition) is 4. The lowest BCUT2D eigenvalue weighted by Crippen LogP contribution is -2.32. The molecule has 8 nitrogen and oxygen atoms in total. The fraction of sp³-hybridized carbons (Fsp3) is 0.333. The summed E-state index contributed by atoms with van der Waals surface area (Å²) in [5, 5.41) is 12.7. The quantitative estimate of drug-likeness (QED) is 0.180. The Labute approximate surface area is 204 Å². The summed E-state index contributed by atoms with van der Waals surface area (Å²) in [6, 6.07) is 16.2. The zero-order valence-electron chi connectivity index (χ0n) is 19.7. The number of hydrogen-bond acceptors (Lipinski definition) is 5. The molecule has 2 amide bonds. The number of ether oxygens (including phenoxy) is 1. The standard InChI is InChI=1S/C27H32N4O4/c32-26(30-34)12-11-20-5-9-22(10-6-20)19-31(15-16-35-27(33)29-17-21-7-8-21)14-13-23-18-28-25-4-2-1-3-24(23)25/h1-6,9-12,18,21,28,34H,7-8,13-17,19H2,(H,29,33)(H,30,32). The summed E-state index contributed by atoms with van der Waals surface area (Å²) in [5.41, 5.74) is 5.94. The molecule has 35 heavy (non-hydrogen) atoms. The number of aromatic amines is 1. The Kier molecular flexibility index (Phi) is 8.53. The van der Waals surface area contributed by atoms with Crippen LogP contribution in [0, 0.1) is 5.92 Å². The maximum atomic E-state index is 12.0. The van der Waals surface area contributed by atoms with E-state index >= 15 is 0 Å². The third-order valence-corrected chi connectivity index (χ3v) is 6.17. The lowest BCUT2D eigenvalue weighted by atomic mass is 10.1. The number of amides is 2. The average molecular weight is 477 g/mol. The number of carbonyl (C=O) groups excluding carboxylic acids is 2. The molecule has 1 fully saturated rings. The first-order valence-corrected chi connectivity index (χ1v) is 12.0. The molecule has 0 bridgehead atoms. The van der Waals surface area contributed by atoms with Crippen LogP contribution in [-0.2, 0) is 22.5 Å². The van der Waals surface area contributed by atoms with E-state index in [2.05, 4.69) is 33.5 Å². The van der Waals surface area contributed by atoms with E-state index in [0.717, 1.165) is 29.6 Å². The van der Waals surface area contributed by atoms with Gasteiger partial charge in [0, 0.05) is 49.4 Å². The number of para-hydroxylation sites is 1. The van der Waals surface area contributed by atoms with Gasteiger partial charge in [0.1, 0.15) is 6.61 Å². The molecule has 0 radical (unpaired) electrons. The van der Waals surface area contributed by atoms with Crippen LogP contribution in [0.2, 0.25) is 0 Å². The Morgan fingerprint density at radius 2 is 1.91 bits per heavy atom. The van der Waals surface area contributed by atoms with Crippen molar-refractivity contribution in [1.82, 2.24) is 20.7 Å². The van der Waals surface area contributed by atoms with Gasteiger partial charge >= 0.3 is 6.09 Å². The highest BCUT2D eigenvalue weighted by Gasteiger charge is 2.21. The lowest BCUT2D eigenvalue weighted by molar-refractivity contribution is -0.124. The summed E-state index contributed by atoms with van der Waals surface area (Å²) in [6.45, 7) is 3.16. The first-order valence-electron chi connectivity index (χ1n) is 12.0. The number of benzene rings is 2. The largest absolute Gasteiger partial charge is 0.448 e. The van der Waals surface area contributed by atoms with Gasteiger partial charge in [0.15, 0.2) is 0 Å². The van der Waals surface area contributed by atoms with Crippen LogP contribution >= 0.6 is 0 Å². The zero-order chi connectivity index (χ0) is 24.5. The smallest absolute Gasteiger partial charge is 0.407 e. The van der Waals surface area contributed by atoms with E-state index in [1.807, 2.05) is 36.4 Å². The number of H-pyrrole nitrogens is 1. The van der Waals surface area contributed by atoms with Crippen molar-refractivity contribution in [1.29, 1.82) is 0 Å². The van der Waals surface area contributed by atoms with Gasteiger partial charge in [0.25, 0.3) is 5.91 Å². The summed E-state index contributed by atoms with van der Waals surface area (Å²) >= 11 is 0. The third kappa shape index (κ3) is 7.70. The van der Waals surface area contributed by atoms with Crippen LogP contribution in [-0.4, -0.2) is 53.3 Å². The highest BCUT2D eigenvalue weighted by Crippen LogP contribution is 2.27. The monoisotopic (exact) mass is 476 g/mol. The molecule has 1 aliphatic rings. The van der Waals surface area contributed by atoms with Crippen LogP contribution in [0.4, 0.5) is 4.79 Å². The number of rotatable bonds is 12. The Morgan fingerprint density at radius 1 is 1.11 bits per heavy atom. The van der Waals surface area contributed by atoms with Crippen LogP contribution in [0.1, 0.15) is 29.5 Å². The Balaban J connectivity index is 1.35. The lowest BCUT2D eigenvalue weighted by Gasteiger charge is -2.22. The summed E-state index contributed by atoms with van der Waals surface area (Å²) in [4.78, 5) is 28.8. The number of alkyl carbamates (subject to hydrolysis) is 1. The number of aromatic nitrogens is 1. The number of fused-ring (bicyclic) bond motifs is 1. The van der Waals surface area contributed by atoms with Crippen molar-refractivity contribution < 1.29 is 19.5 Å². The van der Waals surface area contributed by atoms with Crippen LogP contribution < -0.4 is 10.8 Å². The normalized spacial score (nSPS) is 13.4. The van der Waals surface area contributed by atoms with E-state index < -0.39 is 5.91 Å². The first-order chi connectivity index (χ1) is 17.1. The second kappa shape index (κ2) is 12.2. The molecule has 1 saturated carbocycles. The highest BCUT2D eigenvalue weighted by molar-refractivity contribution is 5.90. The van der Waals surface area contributed by atoms with E-state index in [9.17, 15) is 9.59 Å². The fourth-order valence-electron chi connectivity index (χ4n) is 3.96. The Hall–Kier alpha value is -3.62. The van der Waals surface area contributed by atoms with E-state index in [1.54, 1.807) is 11.6 Å². The molecule has 1 heterocycles. The molecule has 4 N–H and O–H groups in total. The summed E-state index contributed by atoms with van der Waals surface area (Å²) in [5.74, 6) is 0.0461. The molecule has 1 aromatic heterocycles. The van der Waals surface area contributed by atoms with Crippen molar-refractivity contribution >= 4 is 29.0 Å². The molecule has 0 unspecified atom stereocenters. The van der Waals surface area contributed by atoms with Gasteiger partial charge in [0.05, 0.1) is 0 Å². The highest BCUT2D eigenvalue weighted by atomic mass is 16.5. The van der Waals surface area contributed by atoms with Gasteiger partial charge < -0.3 is 15.0 Å². The molecule has 1 aliphatic carbocycles. The van der Waals surface area contributed by atoms with Crippen LogP contribution in [0.5, 0.6) is 0 Å². The third-order valence-electron chi connectivity index (χ3n) is 6.17. The molecule has 0 spiro atoms. The molecule has 3 aromatic rings. The predicted molar refractivity (Wildman–Crippen MR) is 135 cm³/mol. The minimum Gasteiger partial charge on any atom is -0.448 e. The summed E-state index contributed by atoms with van der Waals surface area (Å²) < 4.78 is 5.41. The minimum absolute atomic E-state index is 0.321. The van der Waals surface area contributed by atoms with E-state index in [-0.39, 0.29) is 6.09 Å². The summed E-state index contributed by atoms with van der Waals surface area (Å²) in [7, 11) is 0. The molecule has 0 atom stereocenters. The van der Waals surface area contributed by atoms with Gasteiger partial charge in [-0.3, -0.25) is 14.9 Å². The average Bonchev–Trinajstić information content (AvgIpc) is 3.63. The molecular formula is C27H32N4O4. The molecule has 184 valence electrons. The van der Waals surface area contributed by atoms with Crippen molar-refractivity contribution in [3.63, 3.8) is 0 Å². The van der Waals surface area contributed by atoms with Crippen LogP contribution in [0.25, 0.3) is 17.0 Å². The molecule has 2 aromatic carbocycles. The van der Waals surface area contributed by atoms with Gasteiger partial charge in [-0.25, -0.2) is 10.3 Å². The number of hydroxylamine groups is 1. The first kappa shape index (κ1) is 24.5. The zero-order valence-corrected chi connectivity index (χ0v) is 19.7. The molecule has 4 rings (SSSR count). The van der Waals surface area contributed by atoms with Gasteiger partial charge in [-0.2, -0.15) is 0 Å². The van der Waals surface area contributed by atoms with Crippen molar-refractivity contribution in [2.75, 3.05) is 26.2 Å². The van der Waals surface area contributed by atoms with Crippen molar-refractivity contribution in [2.24, 2.45) is 5.92 Å². The van der Waals surface area contributed by atoms with Crippen molar-refractivity contribution in [2.45, 2.75) is 25.8 Å². The van der Waals surface area contributed by atoms with Crippen molar-refractivity contribution in [3.8, 4) is 0 Å². The Bertz CT molecular complexity index is 1150. The topological polar surface area (TPSA) is 107 Å². The maximum Gasteiger partial charge on any atom is 0.407 e. The maximum absolute atomic E-state index is 12.0. The van der Waals surface area contributed by atoms with Crippen LogP contribution in [0.3, 0.4) is 0 Å². The number of nitrogens with zero attached hydrogens (tertiary/aromatic N) is 1. The van der Waals surface area contributed by atoms with Gasteiger partial charge in [-0.05, 0) is 54.0 Å². The number of nitrogens with one attached hydrogen (secondary N) is 3. The molecule has 0 aliphatic heterocycles. The van der Waals surface area contributed by atoms with E-state index in [4.69, 9.17) is 9.94 Å². The minimum atomic E-state index is -0.571. The Morgan fingerprint density at radius 3 is 2.69 bits per heavy atom. The van der Waals surface area contributed by atoms with Crippen molar-refractivity contribution in [3.05, 3.63) is 77.5 Å². The second-order valence-corrected chi connectivity index (χ2v) is 8.90.